The van der Waals surface area contributed by atoms with Crippen molar-refractivity contribution in [2.75, 3.05) is 17.7 Å². The van der Waals surface area contributed by atoms with Crippen LogP contribution in [0.25, 0.3) is 17.2 Å². The number of hydrogen-bond acceptors (Lipinski definition) is 7. The molecule has 3 N–H and O–H groups in total. The summed E-state index contributed by atoms with van der Waals surface area (Å²) >= 11 is 0. The number of hydrogen-bond donors (Lipinski definition) is 2. The number of nitrogens with two attached hydrogens (primary N) is 1. The van der Waals surface area contributed by atoms with Crippen LogP contribution in [-0.2, 0) is 10.2 Å². The monoisotopic (exact) mass is 487 g/mol. The van der Waals surface area contributed by atoms with E-state index in [0.717, 1.165) is 12.8 Å². The van der Waals surface area contributed by atoms with Crippen molar-refractivity contribution in [2.24, 2.45) is 5.92 Å². The first-order chi connectivity index (χ1) is 17.4. The van der Waals surface area contributed by atoms with Crippen LogP contribution in [-0.4, -0.2) is 36.9 Å². The number of imidazole rings is 1. The maximum Gasteiger partial charge on any atom is 0.259 e. The molecule has 1 aliphatic carbocycles. The molecule has 36 heavy (non-hydrogen) atoms. The van der Waals surface area contributed by atoms with Gasteiger partial charge in [-0.3, -0.25) is 4.79 Å². The highest BCUT2D eigenvalue weighted by molar-refractivity contribution is 6.09. The van der Waals surface area contributed by atoms with Crippen LogP contribution in [0.2, 0.25) is 0 Å². The molecule has 0 saturated heterocycles. The van der Waals surface area contributed by atoms with Crippen molar-refractivity contribution >= 4 is 23.2 Å². The molecule has 2 aliphatic rings. The molecular weight excluding hydrogens is 461 g/mol. The molecule has 184 valence electrons. The van der Waals surface area contributed by atoms with E-state index in [1.54, 1.807) is 37.6 Å². The number of fused-ring (bicyclic) bond motifs is 2. The van der Waals surface area contributed by atoms with Crippen molar-refractivity contribution in [1.82, 2.24) is 24.3 Å². The van der Waals surface area contributed by atoms with Crippen LogP contribution in [0, 0.1) is 11.7 Å². The Hall–Kier alpha value is -4.08. The van der Waals surface area contributed by atoms with Gasteiger partial charge < -0.3 is 20.2 Å². The summed E-state index contributed by atoms with van der Waals surface area (Å²) in [6.07, 6.45) is 11.3. The Bertz CT molecular complexity index is 1460. The minimum absolute atomic E-state index is 0.150. The number of nitrogens with one attached hydrogen (secondary N) is 1. The zero-order chi connectivity index (χ0) is 24.9. The van der Waals surface area contributed by atoms with Gasteiger partial charge in [-0.2, -0.15) is 0 Å². The molecule has 1 saturated carbocycles. The van der Waals surface area contributed by atoms with Gasteiger partial charge in [0.15, 0.2) is 5.82 Å². The number of nitrogens with zero attached hydrogens (tertiary/aromatic N) is 5. The molecule has 1 unspecified atom stereocenters. The van der Waals surface area contributed by atoms with Crippen molar-refractivity contribution in [3.63, 3.8) is 0 Å². The normalized spacial score (nSPS) is 19.9. The first-order valence-electron chi connectivity index (χ1n) is 12.2. The summed E-state index contributed by atoms with van der Waals surface area (Å²) in [5.74, 6) is 0.938. The summed E-state index contributed by atoms with van der Waals surface area (Å²) in [4.78, 5) is 31.3. The number of carbonyl (C=O) groups is 1. The number of benzene rings is 1. The highest BCUT2D eigenvalue weighted by atomic mass is 19.1. The molecule has 1 aliphatic heterocycles. The van der Waals surface area contributed by atoms with Gasteiger partial charge in [0.05, 0.1) is 12.2 Å². The number of anilines is 2. The fourth-order valence-corrected chi connectivity index (χ4v) is 5.24. The Morgan fingerprint density at radius 2 is 1.94 bits per heavy atom. The van der Waals surface area contributed by atoms with E-state index in [1.807, 2.05) is 4.40 Å². The third-order valence-electron chi connectivity index (χ3n) is 7.30. The molecule has 0 radical (unpaired) electrons. The Labute approximate surface area is 207 Å². The summed E-state index contributed by atoms with van der Waals surface area (Å²) in [6.45, 7) is 2.31. The van der Waals surface area contributed by atoms with Crippen molar-refractivity contribution in [1.29, 1.82) is 0 Å². The fourth-order valence-electron chi connectivity index (χ4n) is 5.24. The Kier molecular flexibility index (Phi) is 5.31. The summed E-state index contributed by atoms with van der Waals surface area (Å²) in [7, 11) is 0. The van der Waals surface area contributed by atoms with Crippen molar-refractivity contribution in [2.45, 2.75) is 44.4 Å². The average Bonchev–Trinajstić information content (AvgIpc) is 3.46. The predicted molar refractivity (Wildman–Crippen MR) is 132 cm³/mol. The van der Waals surface area contributed by atoms with Gasteiger partial charge in [-0.15, -0.1) is 0 Å². The molecule has 0 bridgehead atoms. The largest absolute Gasteiger partial charge is 0.475 e. The van der Waals surface area contributed by atoms with Gasteiger partial charge in [0.2, 0.25) is 11.6 Å². The van der Waals surface area contributed by atoms with Crippen LogP contribution in [0.4, 0.5) is 16.0 Å². The first kappa shape index (κ1) is 22.4. The van der Waals surface area contributed by atoms with Crippen LogP contribution < -0.4 is 15.8 Å². The topological polar surface area (TPSA) is 120 Å². The molecule has 6 rings (SSSR count). The smallest absolute Gasteiger partial charge is 0.259 e. The Morgan fingerprint density at radius 1 is 1.17 bits per heavy atom. The Morgan fingerprint density at radius 3 is 2.72 bits per heavy atom. The highest BCUT2D eigenvalue weighted by Crippen LogP contribution is 2.45. The van der Waals surface area contributed by atoms with Crippen molar-refractivity contribution in [3.05, 3.63) is 59.8 Å². The predicted octanol–water partition coefficient (Wildman–Crippen LogP) is 4.12. The van der Waals surface area contributed by atoms with E-state index in [1.165, 1.54) is 31.4 Å². The summed E-state index contributed by atoms with van der Waals surface area (Å²) in [5, 5.41) is 2.83. The van der Waals surface area contributed by atoms with Crippen LogP contribution in [0.3, 0.4) is 0 Å². The lowest BCUT2D eigenvalue weighted by atomic mass is 9.78. The summed E-state index contributed by atoms with van der Waals surface area (Å²) in [6, 6.07) is 5.77. The van der Waals surface area contributed by atoms with Crippen molar-refractivity contribution < 1.29 is 13.9 Å². The molecule has 4 aromatic rings. The summed E-state index contributed by atoms with van der Waals surface area (Å²) in [5.41, 5.74) is 7.37. The molecule has 3 aromatic heterocycles. The number of rotatable bonds is 5. The van der Waals surface area contributed by atoms with E-state index in [4.69, 9.17) is 10.5 Å². The minimum atomic E-state index is -1.15. The summed E-state index contributed by atoms with van der Waals surface area (Å²) < 4.78 is 21.5. The van der Waals surface area contributed by atoms with E-state index in [-0.39, 0.29) is 23.4 Å². The molecule has 4 heterocycles. The second-order valence-corrected chi connectivity index (χ2v) is 9.65. The number of ether oxygens (including phenoxy) is 1. The molecule has 0 spiro atoms. The van der Waals surface area contributed by atoms with E-state index in [0.29, 0.717) is 46.7 Å². The Balaban J connectivity index is 1.38. The second-order valence-electron chi connectivity index (χ2n) is 9.65. The number of carbonyl (C=O) groups excluding carboxylic acids is 1. The maximum atomic E-state index is 13.5. The first-order valence-corrected chi connectivity index (χ1v) is 12.2. The van der Waals surface area contributed by atoms with E-state index < -0.39 is 5.41 Å². The maximum absolute atomic E-state index is 13.5. The van der Waals surface area contributed by atoms with E-state index >= 15 is 0 Å². The van der Waals surface area contributed by atoms with Crippen LogP contribution in [0.1, 0.15) is 50.2 Å². The van der Waals surface area contributed by atoms with Crippen LogP contribution in [0.5, 0.6) is 5.88 Å². The molecule has 1 amide bonds. The van der Waals surface area contributed by atoms with Gasteiger partial charge >= 0.3 is 0 Å². The second kappa shape index (κ2) is 8.54. The third-order valence-corrected chi connectivity index (χ3v) is 7.30. The zero-order valence-electron chi connectivity index (χ0n) is 19.9. The SMILES string of the molecule is CC1(c2ccc(F)cc2)C(=O)Nc2nc(-c3cn4ccnc4c(OCC4CCCCC4)n3)nc(N)c21. The van der Waals surface area contributed by atoms with E-state index in [9.17, 15) is 9.18 Å². The molecule has 9 nitrogen and oxygen atoms in total. The van der Waals surface area contributed by atoms with Gasteiger partial charge in [-0.1, -0.05) is 31.4 Å². The molecule has 1 aromatic carbocycles. The number of nitrogen functional groups attached to an aromatic ring is 1. The highest BCUT2D eigenvalue weighted by Gasteiger charge is 2.47. The zero-order valence-corrected chi connectivity index (χ0v) is 19.9. The third kappa shape index (κ3) is 3.64. The van der Waals surface area contributed by atoms with Crippen molar-refractivity contribution in [3.8, 4) is 17.4 Å². The number of amides is 1. The number of aromatic nitrogens is 5. The lowest BCUT2D eigenvalue weighted by molar-refractivity contribution is -0.119. The molecule has 1 fully saturated rings. The standard InChI is InChI=1S/C26H26FN7O2/c1-26(16-7-9-17(27)10-8-16)19-20(28)31-21(32-22(19)33-25(26)35)18-13-34-12-11-29-23(34)24(30-18)36-14-15-5-3-2-4-6-15/h7-13,15H,2-6,14H2,1H3,(H3,28,31,32,33,35). The quantitative estimate of drug-likeness (QED) is 0.434. The molecular formula is C26H26FN7O2. The van der Waals surface area contributed by atoms with Gasteiger partial charge in [0, 0.05) is 18.6 Å². The van der Waals surface area contributed by atoms with Gasteiger partial charge in [-0.25, -0.2) is 24.3 Å². The van der Waals surface area contributed by atoms with E-state index in [2.05, 4.69) is 25.3 Å². The lowest BCUT2D eigenvalue weighted by Crippen LogP contribution is -2.33. The van der Waals surface area contributed by atoms with Crippen LogP contribution in [0.15, 0.2) is 42.9 Å². The molecule has 1 atom stereocenters. The van der Waals surface area contributed by atoms with Gasteiger partial charge in [-0.05, 0) is 43.4 Å². The van der Waals surface area contributed by atoms with Gasteiger partial charge in [0.25, 0.3) is 5.88 Å². The lowest BCUT2D eigenvalue weighted by Gasteiger charge is -2.23. The van der Waals surface area contributed by atoms with Crippen LogP contribution >= 0.6 is 0 Å². The average molecular weight is 488 g/mol. The number of halogens is 1. The molecule has 10 heteroatoms. The van der Waals surface area contributed by atoms with Gasteiger partial charge in [0.1, 0.15) is 28.6 Å². The fraction of sp³-hybridized carbons (Fsp3) is 0.346. The minimum Gasteiger partial charge on any atom is -0.475 e.